The molecule has 0 aromatic carbocycles. The lowest BCUT2D eigenvalue weighted by Crippen LogP contribution is -2.34. The molecule has 0 aliphatic rings. The minimum atomic E-state index is -0.886. The van der Waals surface area contributed by atoms with Crippen molar-refractivity contribution < 1.29 is 19.8 Å². The number of nitrogens with zero attached hydrogens (tertiary/aromatic N) is 2. The largest absolute Gasteiger partial charge is 0.313 e. The summed E-state index contributed by atoms with van der Waals surface area (Å²) in [5, 5.41) is 18.6. The molecule has 0 aliphatic carbocycles. The minimum Gasteiger partial charge on any atom is -0.313 e. The highest BCUT2D eigenvalue weighted by Gasteiger charge is 2.30. The molecule has 0 radical (unpaired) electrons. The molecule has 0 fully saturated rings. The molecule has 0 spiro atoms. The van der Waals surface area contributed by atoms with Crippen LogP contribution in [0.3, 0.4) is 0 Å². The molecule has 100 valence electrons. The van der Waals surface area contributed by atoms with E-state index in [1.54, 1.807) is 0 Å². The lowest BCUT2D eigenvalue weighted by molar-refractivity contribution is -0.772. The van der Waals surface area contributed by atoms with Gasteiger partial charge in [0.2, 0.25) is 0 Å². The molecule has 17 heavy (non-hydrogen) atoms. The fraction of sp³-hybridized carbons (Fsp3) is 1.00. The average Bonchev–Trinajstić information content (AvgIpc) is 2.28. The zero-order chi connectivity index (χ0) is 13.3. The fourth-order valence-corrected chi connectivity index (χ4v) is 1.50. The van der Waals surface area contributed by atoms with Crippen molar-refractivity contribution in [1.82, 2.24) is 0 Å². The molecule has 0 aromatic heterocycles. The van der Waals surface area contributed by atoms with Gasteiger partial charge in [0, 0.05) is 5.41 Å². The fourth-order valence-electron chi connectivity index (χ4n) is 1.50. The summed E-state index contributed by atoms with van der Waals surface area (Å²) >= 11 is 0. The van der Waals surface area contributed by atoms with Crippen LogP contribution >= 0.6 is 0 Å². The predicted molar refractivity (Wildman–Crippen MR) is 58.1 cm³/mol. The number of hydrogen-bond acceptors (Lipinski definition) is 6. The normalized spacial score (nSPS) is 10.9. The van der Waals surface area contributed by atoms with Crippen molar-refractivity contribution in [1.29, 1.82) is 0 Å². The second-order valence-electron chi connectivity index (χ2n) is 3.95. The first-order valence-electron chi connectivity index (χ1n) is 5.50. The van der Waals surface area contributed by atoms with Gasteiger partial charge in [-0.25, -0.2) is 0 Å². The van der Waals surface area contributed by atoms with E-state index in [1.807, 2.05) is 13.8 Å². The van der Waals surface area contributed by atoms with Crippen molar-refractivity contribution in [3.8, 4) is 0 Å². The third-order valence-corrected chi connectivity index (χ3v) is 2.76. The van der Waals surface area contributed by atoms with E-state index in [1.165, 1.54) is 0 Å². The van der Waals surface area contributed by atoms with Crippen molar-refractivity contribution in [3.63, 3.8) is 0 Å². The molecule has 8 heteroatoms. The van der Waals surface area contributed by atoms with E-state index >= 15 is 0 Å². The van der Waals surface area contributed by atoms with E-state index in [9.17, 15) is 20.2 Å². The molecule has 0 saturated heterocycles. The first-order chi connectivity index (χ1) is 7.95. The van der Waals surface area contributed by atoms with Gasteiger partial charge in [-0.05, 0) is 12.8 Å². The van der Waals surface area contributed by atoms with Gasteiger partial charge in [-0.1, -0.05) is 26.7 Å². The molecule has 0 aliphatic heterocycles. The summed E-state index contributed by atoms with van der Waals surface area (Å²) in [6.45, 7) is 3.43. The highest BCUT2D eigenvalue weighted by Crippen LogP contribution is 2.30. The molecule has 0 saturated carbocycles. The zero-order valence-corrected chi connectivity index (χ0v) is 10.1. The molecule has 8 nitrogen and oxygen atoms in total. The van der Waals surface area contributed by atoms with E-state index in [4.69, 9.17) is 0 Å². The van der Waals surface area contributed by atoms with Crippen molar-refractivity contribution in [2.45, 2.75) is 39.5 Å². The van der Waals surface area contributed by atoms with Crippen molar-refractivity contribution in [2.24, 2.45) is 5.41 Å². The quantitative estimate of drug-likeness (QED) is 0.433. The molecule has 0 rings (SSSR count). The Morgan fingerprint density at radius 2 is 1.53 bits per heavy atom. The average molecular weight is 250 g/mol. The number of unbranched alkanes of at least 4 members (excludes halogenated alkanes) is 1. The highest BCUT2D eigenvalue weighted by molar-refractivity contribution is 4.76. The molecule has 0 heterocycles. The predicted octanol–water partition coefficient (Wildman–Crippen LogP) is 1.99. The van der Waals surface area contributed by atoms with E-state index in [0.29, 0.717) is 12.8 Å². The SMILES string of the molecule is CCCCC(CC)(CO[N+](=O)[O-])CO[N+](=O)[O-]. The minimum absolute atomic E-state index is 0.176. The van der Waals surface area contributed by atoms with Crippen LogP contribution in [0.5, 0.6) is 0 Å². The van der Waals surface area contributed by atoms with Gasteiger partial charge in [0.1, 0.15) is 13.2 Å². The summed E-state index contributed by atoms with van der Waals surface area (Å²) < 4.78 is 0. The van der Waals surface area contributed by atoms with Gasteiger partial charge in [0.15, 0.2) is 0 Å². The van der Waals surface area contributed by atoms with Crippen LogP contribution in [0.15, 0.2) is 0 Å². The third kappa shape index (κ3) is 6.54. The summed E-state index contributed by atoms with van der Waals surface area (Å²) in [6.07, 6.45) is 2.84. The van der Waals surface area contributed by atoms with Crippen molar-refractivity contribution >= 4 is 0 Å². The van der Waals surface area contributed by atoms with Crippen LogP contribution in [0.2, 0.25) is 0 Å². The van der Waals surface area contributed by atoms with Gasteiger partial charge in [-0.2, -0.15) is 0 Å². The van der Waals surface area contributed by atoms with Crippen molar-refractivity contribution in [3.05, 3.63) is 20.2 Å². The standard InChI is InChI=1S/C9H18N2O6/c1-3-5-6-9(4-2,7-16-10(12)13)8-17-11(14)15/h3-8H2,1-2H3. The Labute approximate surface area is 99.1 Å². The van der Waals surface area contributed by atoms with Crippen LogP contribution in [-0.2, 0) is 9.68 Å². The Hall–Kier alpha value is -1.60. The molecule has 0 unspecified atom stereocenters. The topological polar surface area (TPSA) is 105 Å². The van der Waals surface area contributed by atoms with Crippen LogP contribution in [0.25, 0.3) is 0 Å². The van der Waals surface area contributed by atoms with Gasteiger partial charge in [0.05, 0.1) is 0 Å². The molecule has 0 atom stereocenters. The van der Waals surface area contributed by atoms with Gasteiger partial charge in [-0.3, -0.25) is 0 Å². The second-order valence-corrected chi connectivity index (χ2v) is 3.95. The Morgan fingerprint density at radius 1 is 1.06 bits per heavy atom. The van der Waals surface area contributed by atoms with Crippen LogP contribution < -0.4 is 0 Å². The summed E-state index contributed by atoms with van der Waals surface area (Å²) in [5.74, 6) is 0. The molecular formula is C9H18N2O6. The summed E-state index contributed by atoms with van der Waals surface area (Å²) in [5.41, 5.74) is -0.670. The summed E-state index contributed by atoms with van der Waals surface area (Å²) in [7, 11) is 0. The van der Waals surface area contributed by atoms with Crippen LogP contribution in [-0.4, -0.2) is 23.4 Å². The van der Waals surface area contributed by atoms with Crippen molar-refractivity contribution in [2.75, 3.05) is 13.2 Å². The van der Waals surface area contributed by atoms with Gasteiger partial charge >= 0.3 is 0 Å². The monoisotopic (exact) mass is 250 g/mol. The lowest BCUT2D eigenvalue weighted by atomic mass is 9.82. The summed E-state index contributed by atoms with van der Waals surface area (Å²) in [6, 6.07) is 0. The van der Waals surface area contributed by atoms with Crippen LogP contribution in [0, 0.1) is 25.6 Å². The first-order valence-corrected chi connectivity index (χ1v) is 5.50. The maximum Gasteiger partial charge on any atom is 0.294 e. The highest BCUT2D eigenvalue weighted by atomic mass is 17.0. The van der Waals surface area contributed by atoms with E-state index in [2.05, 4.69) is 9.68 Å². The molecular weight excluding hydrogens is 232 g/mol. The van der Waals surface area contributed by atoms with Crippen LogP contribution in [0.1, 0.15) is 39.5 Å². The molecule has 0 aromatic rings. The Morgan fingerprint density at radius 3 is 1.82 bits per heavy atom. The first kappa shape index (κ1) is 15.4. The van der Waals surface area contributed by atoms with Gasteiger partial charge in [0.25, 0.3) is 10.2 Å². The van der Waals surface area contributed by atoms with E-state index in [-0.39, 0.29) is 13.2 Å². The zero-order valence-electron chi connectivity index (χ0n) is 10.1. The van der Waals surface area contributed by atoms with E-state index < -0.39 is 15.6 Å². The lowest BCUT2D eigenvalue weighted by Gasteiger charge is -2.30. The number of rotatable bonds is 10. The van der Waals surface area contributed by atoms with E-state index in [0.717, 1.165) is 12.8 Å². The maximum atomic E-state index is 10.2. The van der Waals surface area contributed by atoms with Gasteiger partial charge in [-0.15, -0.1) is 20.2 Å². The molecule has 0 bridgehead atoms. The van der Waals surface area contributed by atoms with Crippen LogP contribution in [0.4, 0.5) is 0 Å². The molecule has 0 N–H and O–H groups in total. The van der Waals surface area contributed by atoms with Gasteiger partial charge < -0.3 is 9.68 Å². The summed E-state index contributed by atoms with van der Waals surface area (Å²) in [4.78, 5) is 29.1. The Kier molecular flexibility index (Phi) is 6.92. The smallest absolute Gasteiger partial charge is 0.294 e. The number of hydrogen-bond donors (Lipinski definition) is 0. The second kappa shape index (κ2) is 7.64. The Bertz CT molecular complexity index is 240. The third-order valence-electron chi connectivity index (χ3n) is 2.76. The Balaban J connectivity index is 4.48. The molecule has 0 amide bonds. The maximum absolute atomic E-state index is 10.2.